The van der Waals surface area contributed by atoms with E-state index >= 15 is 0 Å². The second kappa shape index (κ2) is 3.05. The highest BCUT2D eigenvalue weighted by Crippen LogP contribution is 2.21. The highest BCUT2D eigenvalue weighted by Gasteiger charge is 2.09. The van der Waals surface area contributed by atoms with E-state index in [1.54, 1.807) is 23.5 Å². The summed E-state index contributed by atoms with van der Waals surface area (Å²) in [5.41, 5.74) is 7.47. The van der Waals surface area contributed by atoms with Gasteiger partial charge in [0.25, 0.3) is 0 Å². The van der Waals surface area contributed by atoms with Crippen LogP contribution in [0.1, 0.15) is 5.82 Å². The standard InChI is InChI=1S/C10H8ClN5/c1-5-13-9(12)16-8-3-2-6(11)4-7(8)15-10(16)14-5/h2-4H,1H3,(H2,12,13,14,15). The number of imidazole rings is 1. The molecule has 0 bridgehead atoms. The molecule has 2 aromatic heterocycles. The molecule has 0 aliphatic rings. The summed E-state index contributed by atoms with van der Waals surface area (Å²) in [4.78, 5) is 12.7. The topological polar surface area (TPSA) is 69.1 Å². The van der Waals surface area contributed by atoms with Crippen LogP contribution in [0.3, 0.4) is 0 Å². The molecule has 0 radical (unpaired) electrons. The molecule has 0 saturated heterocycles. The van der Waals surface area contributed by atoms with Crippen molar-refractivity contribution in [1.29, 1.82) is 0 Å². The fraction of sp³-hybridized carbons (Fsp3) is 0.100. The first-order valence-electron chi connectivity index (χ1n) is 4.73. The number of rotatable bonds is 0. The first-order valence-corrected chi connectivity index (χ1v) is 5.11. The van der Waals surface area contributed by atoms with Crippen molar-refractivity contribution in [2.24, 2.45) is 0 Å². The van der Waals surface area contributed by atoms with Gasteiger partial charge in [0.2, 0.25) is 11.7 Å². The average molecular weight is 234 g/mol. The zero-order valence-electron chi connectivity index (χ0n) is 8.48. The van der Waals surface area contributed by atoms with Crippen LogP contribution in [0.5, 0.6) is 0 Å². The molecule has 2 heterocycles. The number of hydrogen-bond acceptors (Lipinski definition) is 4. The Morgan fingerprint density at radius 3 is 2.88 bits per heavy atom. The molecule has 0 saturated carbocycles. The molecule has 2 N–H and O–H groups in total. The lowest BCUT2D eigenvalue weighted by Crippen LogP contribution is -2.04. The number of aromatic nitrogens is 4. The second-order valence-electron chi connectivity index (χ2n) is 3.51. The van der Waals surface area contributed by atoms with Crippen LogP contribution in [-0.2, 0) is 0 Å². The Morgan fingerprint density at radius 2 is 2.06 bits per heavy atom. The molecule has 0 aliphatic carbocycles. The molecule has 0 atom stereocenters. The maximum Gasteiger partial charge on any atom is 0.239 e. The van der Waals surface area contributed by atoms with Gasteiger partial charge in [-0.15, -0.1) is 0 Å². The molecule has 0 unspecified atom stereocenters. The van der Waals surface area contributed by atoms with Crippen molar-refractivity contribution in [1.82, 2.24) is 19.4 Å². The third-order valence-corrected chi connectivity index (χ3v) is 2.60. The van der Waals surface area contributed by atoms with E-state index in [1.807, 2.05) is 6.07 Å². The van der Waals surface area contributed by atoms with Gasteiger partial charge in [-0.2, -0.15) is 9.97 Å². The number of hydrogen-bond donors (Lipinski definition) is 1. The first-order chi connectivity index (χ1) is 7.65. The Bertz CT molecular complexity index is 703. The number of anilines is 1. The lowest BCUT2D eigenvalue weighted by atomic mass is 10.3. The highest BCUT2D eigenvalue weighted by molar-refractivity contribution is 6.31. The van der Waals surface area contributed by atoms with E-state index in [-0.39, 0.29) is 0 Å². The molecule has 6 heteroatoms. The minimum atomic E-state index is 0.382. The zero-order valence-corrected chi connectivity index (χ0v) is 9.23. The quantitative estimate of drug-likeness (QED) is 0.643. The molecule has 16 heavy (non-hydrogen) atoms. The molecule has 1 aromatic carbocycles. The summed E-state index contributed by atoms with van der Waals surface area (Å²) < 4.78 is 1.71. The number of fused-ring (bicyclic) bond motifs is 3. The maximum atomic E-state index is 5.90. The summed E-state index contributed by atoms with van der Waals surface area (Å²) in [7, 11) is 0. The zero-order chi connectivity index (χ0) is 11.3. The SMILES string of the molecule is Cc1nc(N)n2c(n1)nc1cc(Cl)ccc12. The molecular weight excluding hydrogens is 226 g/mol. The van der Waals surface area contributed by atoms with Crippen LogP contribution >= 0.6 is 11.6 Å². The van der Waals surface area contributed by atoms with Crippen LogP contribution in [0.4, 0.5) is 5.95 Å². The minimum absolute atomic E-state index is 0.382. The van der Waals surface area contributed by atoms with Crippen molar-refractivity contribution in [3.05, 3.63) is 29.0 Å². The fourth-order valence-corrected chi connectivity index (χ4v) is 1.89. The predicted octanol–water partition coefficient (Wildman–Crippen LogP) is 1.82. The molecule has 3 rings (SSSR count). The van der Waals surface area contributed by atoms with Crippen molar-refractivity contribution in [3.8, 4) is 0 Å². The van der Waals surface area contributed by atoms with Crippen LogP contribution in [0.25, 0.3) is 16.8 Å². The number of halogens is 1. The van der Waals surface area contributed by atoms with Gasteiger partial charge in [-0.1, -0.05) is 11.6 Å². The van der Waals surface area contributed by atoms with Crippen LogP contribution in [-0.4, -0.2) is 19.4 Å². The van der Waals surface area contributed by atoms with E-state index in [0.29, 0.717) is 22.6 Å². The van der Waals surface area contributed by atoms with E-state index in [2.05, 4.69) is 15.0 Å². The molecule has 0 fully saturated rings. The van der Waals surface area contributed by atoms with Gasteiger partial charge in [-0.05, 0) is 25.1 Å². The van der Waals surface area contributed by atoms with Crippen molar-refractivity contribution in [2.75, 3.05) is 5.73 Å². The molecule has 0 aliphatic heterocycles. The van der Waals surface area contributed by atoms with Gasteiger partial charge in [-0.25, -0.2) is 9.38 Å². The van der Waals surface area contributed by atoms with Crippen molar-refractivity contribution in [3.63, 3.8) is 0 Å². The van der Waals surface area contributed by atoms with Crippen LogP contribution in [0.15, 0.2) is 18.2 Å². The Hall–Kier alpha value is -1.88. The average Bonchev–Trinajstić information content (AvgIpc) is 2.54. The van der Waals surface area contributed by atoms with Gasteiger partial charge in [-0.3, -0.25) is 0 Å². The Morgan fingerprint density at radius 1 is 1.25 bits per heavy atom. The molecular formula is C10H8ClN5. The number of nitrogens with two attached hydrogens (primary N) is 1. The van der Waals surface area contributed by atoms with E-state index in [0.717, 1.165) is 11.0 Å². The van der Waals surface area contributed by atoms with E-state index in [1.165, 1.54) is 0 Å². The Balaban J connectivity index is 2.56. The van der Waals surface area contributed by atoms with Gasteiger partial charge in [0, 0.05) is 5.02 Å². The third kappa shape index (κ3) is 1.22. The summed E-state index contributed by atoms with van der Waals surface area (Å²) in [6.45, 7) is 1.78. The number of aryl methyl sites for hydroxylation is 1. The first kappa shape index (κ1) is 9.35. The van der Waals surface area contributed by atoms with Gasteiger partial charge >= 0.3 is 0 Å². The highest BCUT2D eigenvalue weighted by atomic mass is 35.5. The minimum Gasteiger partial charge on any atom is -0.369 e. The number of nitrogens with zero attached hydrogens (tertiary/aromatic N) is 4. The summed E-state index contributed by atoms with van der Waals surface area (Å²) in [5, 5.41) is 0.638. The number of benzene rings is 1. The van der Waals surface area contributed by atoms with E-state index in [9.17, 15) is 0 Å². The van der Waals surface area contributed by atoms with Crippen LogP contribution in [0, 0.1) is 6.92 Å². The van der Waals surface area contributed by atoms with Crippen molar-refractivity contribution < 1.29 is 0 Å². The van der Waals surface area contributed by atoms with Gasteiger partial charge in [0.15, 0.2) is 0 Å². The lowest BCUT2D eigenvalue weighted by molar-refractivity contribution is 0.984. The molecule has 5 nitrogen and oxygen atoms in total. The summed E-state index contributed by atoms with van der Waals surface area (Å²) in [6, 6.07) is 5.42. The van der Waals surface area contributed by atoms with E-state index in [4.69, 9.17) is 17.3 Å². The van der Waals surface area contributed by atoms with Gasteiger partial charge < -0.3 is 5.73 Å². The summed E-state index contributed by atoms with van der Waals surface area (Å²) >= 11 is 5.90. The van der Waals surface area contributed by atoms with Gasteiger partial charge in [0.05, 0.1) is 11.0 Å². The molecule has 3 aromatic rings. The Labute approximate surface area is 95.9 Å². The van der Waals surface area contributed by atoms with Crippen LogP contribution < -0.4 is 5.73 Å². The number of nitrogen functional groups attached to an aromatic ring is 1. The second-order valence-corrected chi connectivity index (χ2v) is 3.95. The van der Waals surface area contributed by atoms with Crippen molar-refractivity contribution >= 4 is 34.4 Å². The monoisotopic (exact) mass is 233 g/mol. The molecule has 0 spiro atoms. The Kier molecular flexibility index (Phi) is 1.79. The smallest absolute Gasteiger partial charge is 0.239 e. The van der Waals surface area contributed by atoms with E-state index < -0.39 is 0 Å². The van der Waals surface area contributed by atoms with Crippen LogP contribution in [0.2, 0.25) is 5.02 Å². The molecule has 0 amide bonds. The largest absolute Gasteiger partial charge is 0.369 e. The maximum absolute atomic E-state index is 5.90. The predicted molar refractivity (Wildman–Crippen MR) is 62.4 cm³/mol. The lowest BCUT2D eigenvalue weighted by Gasteiger charge is -2.00. The third-order valence-electron chi connectivity index (χ3n) is 2.37. The summed E-state index contributed by atoms with van der Waals surface area (Å²) in [6.07, 6.45) is 0. The fourth-order valence-electron chi connectivity index (χ4n) is 1.73. The normalized spacial score (nSPS) is 11.4. The molecule has 80 valence electrons. The van der Waals surface area contributed by atoms with Crippen molar-refractivity contribution in [2.45, 2.75) is 6.92 Å². The summed E-state index contributed by atoms with van der Waals surface area (Å²) in [5.74, 6) is 1.53. The van der Waals surface area contributed by atoms with Gasteiger partial charge in [0.1, 0.15) is 5.82 Å².